The Hall–Kier alpha value is -2.56. The molecule has 4 rings (SSSR count). The highest BCUT2D eigenvalue weighted by Crippen LogP contribution is 2.37. The lowest BCUT2D eigenvalue weighted by molar-refractivity contribution is -0.117. The molecule has 0 bridgehead atoms. The van der Waals surface area contributed by atoms with Gasteiger partial charge in [-0.2, -0.15) is 15.6 Å². The van der Waals surface area contributed by atoms with Crippen molar-refractivity contribution in [2.45, 2.75) is 25.2 Å². The van der Waals surface area contributed by atoms with E-state index < -0.39 is 15.9 Å². The van der Waals surface area contributed by atoms with Crippen molar-refractivity contribution in [3.8, 4) is 11.5 Å². The van der Waals surface area contributed by atoms with Gasteiger partial charge in [-0.1, -0.05) is 16.8 Å². The standard InChI is InChI=1S/C18H15ClN2O6S2/c1-10-5-14-15(26-9-25-14)6-12(10)7-16(22)21(18-17(19)11(2)20-27-18)29(23,24)13-3-4-28-8-13/h3-6,8H,7,9H2,1-2H3. The number of nitrogens with zero attached hydrogens (tertiary/aromatic N) is 2. The largest absolute Gasteiger partial charge is 0.454 e. The molecule has 1 aromatic carbocycles. The number of aryl methyl sites for hydroxylation is 2. The molecule has 3 aromatic rings. The lowest BCUT2D eigenvalue weighted by Gasteiger charge is -2.19. The van der Waals surface area contributed by atoms with Gasteiger partial charge in [0.2, 0.25) is 12.7 Å². The van der Waals surface area contributed by atoms with Crippen LogP contribution in [0.3, 0.4) is 0 Å². The number of carbonyl (C=O) groups excluding carboxylic acids is 1. The van der Waals surface area contributed by atoms with Crippen molar-refractivity contribution in [3.05, 3.63) is 50.8 Å². The maximum absolute atomic E-state index is 13.2. The van der Waals surface area contributed by atoms with E-state index in [0.29, 0.717) is 21.4 Å². The van der Waals surface area contributed by atoms with Crippen molar-refractivity contribution in [2.24, 2.45) is 0 Å². The van der Waals surface area contributed by atoms with Crippen LogP contribution < -0.4 is 13.8 Å². The number of ether oxygens (including phenoxy) is 2. The number of hydrogen-bond donors (Lipinski definition) is 0. The van der Waals surface area contributed by atoms with E-state index in [1.807, 2.05) is 0 Å². The molecule has 0 aliphatic carbocycles. The van der Waals surface area contributed by atoms with Gasteiger partial charge in [0.15, 0.2) is 11.5 Å². The SMILES string of the molecule is Cc1cc2c(cc1CC(=O)N(c1onc(C)c1Cl)S(=O)(=O)c1ccsc1)OCO2. The van der Waals surface area contributed by atoms with Gasteiger partial charge in [-0.15, -0.1) is 0 Å². The van der Waals surface area contributed by atoms with Crippen molar-refractivity contribution in [1.29, 1.82) is 0 Å². The Bertz CT molecular complexity index is 1190. The van der Waals surface area contributed by atoms with Crippen LogP contribution in [0.15, 0.2) is 38.4 Å². The molecule has 0 spiro atoms. The molecular formula is C18H15ClN2O6S2. The van der Waals surface area contributed by atoms with Gasteiger partial charge in [0, 0.05) is 5.38 Å². The van der Waals surface area contributed by atoms with Crippen LogP contribution in [0.4, 0.5) is 5.88 Å². The van der Waals surface area contributed by atoms with Crippen molar-refractivity contribution in [1.82, 2.24) is 5.16 Å². The molecule has 29 heavy (non-hydrogen) atoms. The molecule has 152 valence electrons. The molecule has 0 saturated carbocycles. The van der Waals surface area contributed by atoms with Crippen molar-refractivity contribution < 1.29 is 27.2 Å². The zero-order valence-corrected chi connectivity index (χ0v) is 17.7. The quantitative estimate of drug-likeness (QED) is 0.579. The molecule has 2 aromatic heterocycles. The predicted molar refractivity (Wildman–Crippen MR) is 106 cm³/mol. The third-order valence-corrected chi connectivity index (χ3v) is 7.36. The van der Waals surface area contributed by atoms with E-state index in [0.717, 1.165) is 5.56 Å². The number of carbonyl (C=O) groups is 1. The van der Waals surface area contributed by atoms with Gasteiger partial charge in [0.05, 0.1) is 11.3 Å². The van der Waals surface area contributed by atoms with Crippen LogP contribution in [-0.2, 0) is 21.2 Å². The molecule has 0 N–H and O–H groups in total. The van der Waals surface area contributed by atoms with Gasteiger partial charge in [-0.05, 0) is 48.6 Å². The molecule has 8 nitrogen and oxygen atoms in total. The minimum Gasteiger partial charge on any atom is -0.454 e. The van der Waals surface area contributed by atoms with Crippen LogP contribution in [0.1, 0.15) is 16.8 Å². The Balaban J connectivity index is 1.76. The third-order valence-electron chi connectivity index (χ3n) is 4.39. The highest BCUT2D eigenvalue weighted by molar-refractivity contribution is 7.93. The number of sulfonamides is 1. The zero-order valence-electron chi connectivity index (χ0n) is 15.3. The third kappa shape index (κ3) is 3.47. The summed E-state index contributed by atoms with van der Waals surface area (Å²) in [4.78, 5) is 13.2. The Kier molecular flexibility index (Phi) is 5.01. The minimum absolute atomic E-state index is 0.0385. The average Bonchev–Trinajstić information content (AvgIpc) is 3.40. The van der Waals surface area contributed by atoms with Crippen LogP contribution in [0.25, 0.3) is 0 Å². The fourth-order valence-electron chi connectivity index (χ4n) is 2.84. The summed E-state index contributed by atoms with van der Waals surface area (Å²) in [6.45, 7) is 3.45. The number of halogens is 1. The van der Waals surface area contributed by atoms with Gasteiger partial charge in [-0.25, -0.2) is 8.42 Å². The smallest absolute Gasteiger partial charge is 0.274 e. The molecule has 0 atom stereocenters. The number of aromatic nitrogens is 1. The molecule has 0 fully saturated rings. The van der Waals surface area contributed by atoms with E-state index in [2.05, 4.69) is 5.16 Å². The van der Waals surface area contributed by atoms with Crippen LogP contribution in [0.2, 0.25) is 5.02 Å². The minimum atomic E-state index is -4.24. The van der Waals surface area contributed by atoms with Crippen LogP contribution in [0, 0.1) is 13.8 Å². The number of benzene rings is 1. The molecule has 1 aliphatic heterocycles. The fourth-order valence-corrected chi connectivity index (χ4v) is 5.43. The fraction of sp³-hybridized carbons (Fsp3) is 0.222. The summed E-state index contributed by atoms with van der Waals surface area (Å²) < 4.78 is 42.7. The Morgan fingerprint density at radius 1 is 1.28 bits per heavy atom. The molecular weight excluding hydrogens is 440 g/mol. The first-order chi connectivity index (χ1) is 13.8. The summed E-state index contributed by atoms with van der Waals surface area (Å²) in [6.07, 6.45) is -0.220. The molecule has 0 saturated heterocycles. The molecule has 0 radical (unpaired) electrons. The number of amides is 1. The summed E-state index contributed by atoms with van der Waals surface area (Å²) in [6, 6.07) is 4.82. The first kappa shape index (κ1) is 19.7. The maximum atomic E-state index is 13.2. The number of thiophene rings is 1. The van der Waals surface area contributed by atoms with Crippen molar-refractivity contribution in [2.75, 3.05) is 11.1 Å². The summed E-state index contributed by atoms with van der Waals surface area (Å²) in [5.74, 6) is 0.00418. The number of rotatable bonds is 5. The summed E-state index contributed by atoms with van der Waals surface area (Å²) in [5.41, 5.74) is 1.63. The van der Waals surface area contributed by atoms with Gasteiger partial charge >= 0.3 is 0 Å². The van der Waals surface area contributed by atoms with Crippen LogP contribution in [0.5, 0.6) is 11.5 Å². The van der Waals surface area contributed by atoms with E-state index in [1.54, 1.807) is 31.4 Å². The first-order valence-electron chi connectivity index (χ1n) is 8.40. The number of fused-ring (bicyclic) bond motifs is 1. The van der Waals surface area contributed by atoms with Crippen molar-refractivity contribution in [3.63, 3.8) is 0 Å². The molecule has 1 amide bonds. The lowest BCUT2D eigenvalue weighted by Crippen LogP contribution is -2.38. The van der Waals surface area contributed by atoms with Gasteiger partial charge in [0.25, 0.3) is 15.9 Å². The molecule has 11 heteroatoms. The van der Waals surface area contributed by atoms with E-state index >= 15 is 0 Å². The Morgan fingerprint density at radius 2 is 2.00 bits per heavy atom. The van der Waals surface area contributed by atoms with Crippen molar-refractivity contribution >= 4 is 44.8 Å². The summed E-state index contributed by atoms with van der Waals surface area (Å²) in [5, 5.41) is 6.68. The second kappa shape index (κ2) is 7.36. The van der Waals surface area contributed by atoms with E-state index in [-0.39, 0.29) is 34.7 Å². The summed E-state index contributed by atoms with van der Waals surface area (Å²) >= 11 is 7.37. The number of hydrogen-bond acceptors (Lipinski definition) is 8. The Morgan fingerprint density at radius 3 is 2.62 bits per heavy atom. The van der Waals surface area contributed by atoms with Gasteiger partial charge < -0.3 is 14.0 Å². The van der Waals surface area contributed by atoms with Gasteiger partial charge in [0.1, 0.15) is 10.7 Å². The number of anilines is 1. The molecule has 1 aliphatic rings. The topological polar surface area (TPSA) is 98.9 Å². The van der Waals surface area contributed by atoms with Gasteiger partial charge in [-0.3, -0.25) is 4.79 Å². The highest BCUT2D eigenvalue weighted by Gasteiger charge is 2.36. The lowest BCUT2D eigenvalue weighted by atomic mass is 10.0. The van der Waals surface area contributed by atoms with Crippen LogP contribution in [-0.4, -0.2) is 26.3 Å². The second-order valence-electron chi connectivity index (χ2n) is 6.32. The first-order valence-corrected chi connectivity index (χ1v) is 11.2. The zero-order chi connectivity index (χ0) is 20.8. The highest BCUT2D eigenvalue weighted by atomic mass is 35.5. The second-order valence-corrected chi connectivity index (χ2v) is 9.26. The normalized spacial score (nSPS) is 12.9. The monoisotopic (exact) mass is 454 g/mol. The maximum Gasteiger partial charge on any atom is 0.274 e. The molecule has 0 unspecified atom stereocenters. The van der Waals surface area contributed by atoms with E-state index in [1.165, 1.54) is 22.8 Å². The van der Waals surface area contributed by atoms with E-state index in [4.69, 9.17) is 25.6 Å². The van der Waals surface area contributed by atoms with E-state index in [9.17, 15) is 13.2 Å². The van der Waals surface area contributed by atoms with Crippen LogP contribution >= 0.6 is 22.9 Å². The Labute approximate surface area is 175 Å². The molecule has 3 heterocycles. The predicted octanol–water partition coefficient (Wildman–Crippen LogP) is 3.70. The summed E-state index contributed by atoms with van der Waals surface area (Å²) in [7, 11) is -4.24. The average molecular weight is 455 g/mol.